The second-order valence-electron chi connectivity index (χ2n) is 6.36. The summed E-state index contributed by atoms with van der Waals surface area (Å²) < 4.78 is 0. The molecule has 2 N–H and O–H groups in total. The van der Waals surface area contributed by atoms with Crippen molar-refractivity contribution in [3.63, 3.8) is 0 Å². The number of aliphatic hydroxyl groups excluding tert-OH is 1. The average molecular weight is 227 g/mol. The van der Waals surface area contributed by atoms with E-state index in [0.717, 1.165) is 31.3 Å². The highest BCUT2D eigenvalue weighted by Gasteiger charge is 2.29. The first kappa shape index (κ1) is 14.0. The smallest absolute Gasteiger partial charge is 0.0443 e. The Balaban J connectivity index is 2.12. The van der Waals surface area contributed by atoms with E-state index in [4.69, 9.17) is 5.11 Å². The van der Waals surface area contributed by atoms with E-state index in [-0.39, 0.29) is 0 Å². The van der Waals surface area contributed by atoms with Crippen LogP contribution in [0.5, 0.6) is 0 Å². The molecular weight excluding hydrogens is 198 g/mol. The highest BCUT2D eigenvalue weighted by molar-refractivity contribution is 4.81. The lowest BCUT2D eigenvalue weighted by Gasteiger charge is -2.37. The molecule has 1 aliphatic rings. The number of aliphatic hydroxyl groups is 1. The summed E-state index contributed by atoms with van der Waals surface area (Å²) in [6.45, 7) is 9.54. The zero-order valence-corrected chi connectivity index (χ0v) is 11.3. The Bertz CT molecular complexity index is 178. The van der Waals surface area contributed by atoms with Crippen molar-refractivity contribution in [2.45, 2.75) is 52.9 Å². The monoisotopic (exact) mass is 227 g/mol. The molecule has 0 atom stereocenters. The van der Waals surface area contributed by atoms with Crippen molar-refractivity contribution in [3.8, 4) is 0 Å². The maximum Gasteiger partial charge on any atom is 0.0443 e. The Hall–Kier alpha value is -0.0800. The van der Waals surface area contributed by atoms with Crippen molar-refractivity contribution in [1.82, 2.24) is 5.32 Å². The minimum atomic E-state index is 0.309. The van der Waals surface area contributed by atoms with Gasteiger partial charge in [0.05, 0.1) is 0 Å². The zero-order chi connectivity index (χ0) is 12.0. The lowest BCUT2D eigenvalue weighted by molar-refractivity contribution is 0.149. The molecule has 0 aromatic rings. The van der Waals surface area contributed by atoms with E-state index in [2.05, 4.69) is 26.1 Å². The predicted molar refractivity (Wildman–Crippen MR) is 69.5 cm³/mol. The second kappa shape index (κ2) is 6.61. The Morgan fingerprint density at radius 2 is 1.75 bits per heavy atom. The fourth-order valence-corrected chi connectivity index (χ4v) is 2.74. The van der Waals surface area contributed by atoms with E-state index in [1.807, 2.05) is 0 Å². The lowest BCUT2D eigenvalue weighted by Crippen LogP contribution is -2.31. The lowest BCUT2D eigenvalue weighted by atomic mass is 9.70. The van der Waals surface area contributed by atoms with E-state index in [1.165, 1.54) is 25.7 Å². The van der Waals surface area contributed by atoms with Crippen LogP contribution in [0.4, 0.5) is 0 Å². The number of rotatable bonds is 5. The standard InChI is InChI=1S/C14H29NO/c1-14(2,3)13-7-5-12(6-8-13)11-15-9-4-10-16/h12-13,15-16H,4-11H2,1-3H3. The molecule has 1 fully saturated rings. The summed E-state index contributed by atoms with van der Waals surface area (Å²) >= 11 is 0. The highest BCUT2D eigenvalue weighted by atomic mass is 16.3. The van der Waals surface area contributed by atoms with Gasteiger partial charge in [-0.1, -0.05) is 20.8 Å². The highest BCUT2D eigenvalue weighted by Crippen LogP contribution is 2.39. The average Bonchev–Trinajstić information content (AvgIpc) is 2.24. The molecular formula is C14H29NO. The van der Waals surface area contributed by atoms with E-state index in [0.29, 0.717) is 12.0 Å². The van der Waals surface area contributed by atoms with Crippen LogP contribution in [0.1, 0.15) is 52.9 Å². The van der Waals surface area contributed by atoms with Gasteiger partial charge in [0.1, 0.15) is 0 Å². The molecule has 16 heavy (non-hydrogen) atoms. The van der Waals surface area contributed by atoms with Gasteiger partial charge in [-0.15, -0.1) is 0 Å². The molecule has 0 bridgehead atoms. The third-order valence-corrected chi connectivity index (χ3v) is 4.02. The summed E-state index contributed by atoms with van der Waals surface area (Å²) in [5, 5.41) is 12.1. The fourth-order valence-electron chi connectivity index (χ4n) is 2.74. The van der Waals surface area contributed by atoms with E-state index >= 15 is 0 Å². The van der Waals surface area contributed by atoms with Gasteiger partial charge in [0.25, 0.3) is 0 Å². The molecule has 0 aromatic carbocycles. The molecule has 0 heterocycles. The van der Waals surface area contributed by atoms with Crippen LogP contribution in [-0.4, -0.2) is 24.8 Å². The SMILES string of the molecule is CC(C)(C)C1CCC(CNCCCO)CC1. The van der Waals surface area contributed by atoms with Gasteiger partial charge in [-0.3, -0.25) is 0 Å². The van der Waals surface area contributed by atoms with Crippen molar-refractivity contribution >= 4 is 0 Å². The van der Waals surface area contributed by atoms with Crippen molar-refractivity contribution < 1.29 is 5.11 Å². The molecule has 96 valence electrons. The maximum atomic E-state index is 8.69. The molecule has 2 heteroatoms. The molecule has 0 radical (unpaired) electrons. The minimum absolute atomic E-state index is 0.309. The third kappa shape index (κ3) is 4.84. The van der Waals surface area contributed by atoms with Gasteiger partial charge in [-0.25, -0.2) is 0 Å². The first-order chi connectivity index (χ1) is 7.54. The number of hydrogen-bond donors (Lipinski definition) is 2. The second-order valence-corrected chi connectivity index (χ2v) is 6.36. The minimum Gasteiger partial charge on any atom is -0.396 e. The quantitative estimate of drug-likeness (QED) is 0.708. The van der Waals surface area contributed by atoms with Gasteiger partial charge in [-0.2, -0.15) is 0 Å². The Kier molecular flexibility index (Phi) is 5.77. The van der Waals surface area contributed by atoms with Crippen molar-refractivity contribution in [2.75, 3.05) is 19.7 Å². The first-order valence-electron chi connectivity index (χ1n) is 6.85. The first-order valence-corrected chi connectivity index (χ1v) is 6.85. The van der Waals surface area contributed by atoms with Crippen LogP contribution in [0.15, 0.2) is 0 Å². The van der Waals surface area contributed by atoms with Gasteiger partial charge in [0.2, 0.25) is 0 Å². The normalized spacial score (nSPS) is 27.0. The maximum absolute atomic E-state index is 8.69. The Labute approximate surface area is 101 Å². The summed E-state index contributed by atoms with van der Waals surface area (Å²) in [5.41, 5.74) is 0.495. The number of hydrogen-bond acceptors (Lipinski definition) is 2. The molecule has 0 unspecified atom stereocenters. The summed E-state index contributed by atoms with van der Waals surface area (Å²) in [4.78, 5) is 0. The van der Waals surface area contributed by atoms with Crippen molar-refractivity contribution in [3.05, 3.63) is 0 Å². The van der Waals surface area contributed by atoms with E-state index in [9.17, 15) is 0 Å². The number of nitrogens with one attached hydrogen (secondary N) is 1. The fraction of sp³-hybridized carbons (Fsp3) is 1.00. The summed E-state index contributed by atoms with van der Waals surface area (Å²) in [6, 6.07) is 0. The summed E-state index contributed by atoms with van der Waals surface area (Å²) in [5.74, 6) is 1.79. The Morgan fingerprint density at radius 3 is 2.25 bits per heavy atom. The molecule has 0 spiro atoms. The van der Waals surface area contributed by atoms with Gasteiger partial charge >= 0.3 is 0 Å². The molecule has 1 aliphatic carbocycles. The van der Waals surface area contributed by atoms with Crippen LogP contribution >= 0.6 is 0 Å². The Morgan fingerprint density at radius 1 is 1.12 bits per heavy atom. The van der Waals surface area contributed by atoms with Gasteiger partial charge in [0, 0.05) is 6.61 Å². The zero-order valence-electron chi connectivity index (χ0n) is 11.3. The molecule has 0 aromatic heterocycles. The summed E-state index contributed by atoms with van der Waals surface area (Å²) in [6.07, 6.45) is 6.45. The molecule has 2 nitrogen and oxygen atoms in total. The molecule has 0 saturated heterocycles. The van der Waals surface area contributed by atoms with Crippen LogP contribution in [-0.2, 0) is 0 Å². The largest absolute Gasteiger partial charge is 0.396 e. The third-order valence-electron chi connectivity index (χ3n) is 4.02. The van der Waals surface area contributed by atoms with Gasteiger partial charge < -0.3 is 10.4 Å². The van der Waals surface area contributed by atoms with E-state index < -0.39 is 0 Å². The van der Waals surface area contributed by atoms with Crippen LogP contribution in [0.3, 0.4) is 0 Å². The topological polar surface area (TPSA) is 32.3 Å². The van der Waals surface area contributed by atoms with Crippen LogP contribution < -0.4 is 5.32 Å². The van der Waals surface area contributed by atoms with Crippen molar-refractivity contribution in [1.29, 1.82) is 0 Å². The van der Waals surface area contributed by atoms with E-state index in [1.54, 1.807) is 0 Å². The molecule has 0 amide bonds. The van der Waals surface area contributed by atoms with Crippen LogP contribution in [0.2, 0.25) is 0 Å². The van der Waals surface area contributed by atoms with Gasteiger partial charge in [0.15, 0.2) is 0 Å². The molecule has 0 aliphatic heterocycles. The molecule has 1 saturated carbocycles. The van der Waals surface area contributed by atoms with Crippen LogP contribution in [0, 0.1) is 17.3 Å². The van der Waals surface area contributed by atoms with Crippen molar-refractivity contribution in [2.24, 2.45) is 17.3 Å². The summed E-state index contributed by atoms with van der Waals surface area (Å²) in [7, 11) is 0. The van der Waals surface area contributed by atoms with Gasteiger partial charge in [-0.05, 0) is 62.4 Å². The van der Waals surface area contributed by atoms with Crippen LogP contribution in [0.25, 0.3) is 0 Å². The predicted octanol–water partition coefficient (Wildman–Crippen LogP) is 2.81. The molecule has 1 rings (SSSR count).